The molecule has 0 fully saturated rings. The van der Waals surface area contributed by atoms with Crippen molar-refractivity contribution in [1.29, 1.82) is 0 Å². The van der Waals surface area contributed by atoms with Crippen LogP contribution in [0.5, 0.6) is 0 Å². The molecule has 0 saturated heterocycles. The molecular weight excluding hydrogens is 216 g/mol. The molecule has 0 heterocycles. The Morgan fingerprint density at radius 2 is 1.87 bits per heavy atom. The van der Waals surface area contributed by atoms with Crippen LogP contribution in [0.4, 0.5) is 0 Å². The van der Waals surface area contributed by atoms with Crippen LogP contribution in [0.25, 0.3) is 0 Å². The van der Waals surface area contributed by atoms with Gasteiger partial charge >= 0.3 is 14.8 Å². The predicted octanol–water partition coefficient (Wildman–Crippen LogP) is 0.192. The lowest BCUT2D eigenvalue weighted by atomic mass is 10.3. The molecule has 0 aliphatic heterocycles. The van der Waals surface area contributed by atoms with Gasteiger partial charge in [-0.05, 0) is 19.8 Å². The minimum atomic E-state index is -3.88. The Morgan fingerprint density at radius 3 is 2.33 bits per heavy atom. The van der Waals surface area contributed by atoms with Gasteiger partial charge in [-0.3, -0.25) is 0 Å². The lowest BCUT2D eigenvalue weighted by Gasteiger charge is -2.08. The van der Waals surface area contributed by atoms with Crippen molar-refractivity contribution in [2.24, 2.45) is 0 Å². The third-order valence-corrected chi connectivity index (χ3v) is 2.76. The highest BCUT2D eigenvalue weighted by molar-refractivity contribution is 6.56. The maximum absolute atomic E-state index is 10.9. The van der Waals surface area contributed by atoms with Crippen molar-refractivity contribution in [3.8, 4) is 0 Å². The highest BCUT2D eigenvalue weighted by atomic mass is 28.4. The summed E-state index contributed by atoms with van der Waals surface area (Å²) in [6, 6.07) is 0.0292. The summed E-state index contributed by atoms with van der Waals surface area (Å²) in [6.45, 7) is 5.30. The molecule has 0 aliphatic carbocycles. The first-order valence-electron chi connectivity index (χ1n) is 4.82. The predicted molar refractivity (Wildman–Crippen MR) is 56.8 cm³/mol. The van der Waals surface area contributed by atoms with Crippen molar-refractivity contribution >= 4 is 14.8 Å². The monoisotopic (exact) mass is 234 g/mol. The van der Waals surface area contributed by atoms with E-state index in [0.29, 0.717) is 31.4 Å². The van der Waals surface area contributed by atoms with E-state index in [1.807, 2.05) is 0 Å². The number of carbonyl (C=O) groups excluding carboxylic acids is 1. The van der Waals surface area contributed by atoms with Crippen LogP contribution in [0.1, 0.15) is 26.2 Å². The maximum atomic E-state index is 10.9. The molecule has 0 aromatic rings. The van der Waals surface area contributed by atoms with Crippen LogP contribution in [0, 0.1) is 0 Å². The van der Waals surface area contributed by atoms with Gasteiger partial charge in [0.05, 0.1) is 6.61 Å². The summed E-state index contributed by atoms with van der Waals surface area (Å²) in [5, 5.41) is 0. The molecule has 0 amide bonds. The van der Waals surface area contributed by atoms with Crippen molar-refractivity contribution < 1.29 is 23.9 Å². The van der Waals surface area contributed by atoms with Gasteiger partial charge in [-0.1, -0.05) is 13.0 Å². The van der Waals surface area contributed by atoms with Gasteiger partial charge in [-0.2, -0.15) is 0 Å². The van der Waals surface area contributed by atoms with Gasteiger partial charge in [0.1, 0.15) is 0 Å². The van der Waals surface area contributed by atoms with E-state index in [1.54, 1.807) is 6.92 Å². The molecule has 0 atom stereocenters. The first-order valence-corrected chi connectivity index (χ1v) is 6.87. The Labute approximate surface area is 90.4 Å². The quantitative estimate of drug-likeness (QED) is 0.253. The first-order chi connectivity index (χ1) is 6.83. The van der Waals surface area contributed by atoms with E-state index in [1.165, 1.54) is 0 Å². The summed E-state index contributed by atoms with van der Waals surface area (Å²) in [4.78, 5) is 37.0. The Balaban J connectivity index is 3.33. The molecule has 0 unspecified atom stereocenters. The van der Waals surface area contributed by atoms with E-state index in [9.17, 15) is 4.79 Å². The number of hydrogen-bond acceptors (Lipinski definition) is 5. The van der Waals surface area contributed by atoms with Crippen LogP contribution in [0.15, 0.2) is 12.2 Å². The molecule has 0 aliphatic rings. The number of esters is 1. The molecule has 0 radical (unpaired) electrons. The maximum Gasteiger partial charge on any atom is 0.492 e. The molecule has 0 saturated carbocycles. The van der Waals surface area contributed by atoms with E-state index in [0.717, 1.165) is 0 Å². The molecule has 0 spiro atoms. The topological polar surface area (TPSA) is 87.0 Å². The van der Waals surface area contributed by atoms with Crippen molar-refractivity contribution in [3.63, 3.8) is 0 Å². The number of rotatable bonds is 7. The van der Waals surface area contributed by atoms with E-state index >= 15 is 0 Å². The lowest BCUT2D eigenvalue weighted by Crippen LogP contribution is -2.33. The Kier molecular flexibility index (Phi) is 6.42. The van der Waals surface area contributed by atoms with Crippen LogP contribution in [-0.2, 0) is 9.53 Å². The summed E-state index contributed by atoms with van der Waals surface area (Å²) in [7, 11) is -3.88. The van der Waals surface area contributed by atoms with Gasteiger partial charge in [-0.25, -0.2) is 4.79 Å². The fraction of sp³-hybridized carbons (Fsp3) is 0.667. The zero-order valence-corrected chi connectivity index (χ0v) is 9.90. The number of unbranched alkanes of at least 4 members (excludes halogenated alkanes) is 2. The molecular formula is C9H18O5Si. The van der Waals surface area contributed by atoms with E-state index in [4.69, 9.17) is 19.1 Å². The summed E-state index contributed by atoms with van der Waals surface area (Å²) in [5.74, 6) is -0.412. The van der Waals surface area contributed by atoms with Crippen molar-refractivity contribution in [2.75, 3.05) is 6.61 Å². The minimum Gasteiger partial charge on any atom is -0.462 e. The molecule has 6 heteroatoms. The minimum absolute atomic E-state index is 0.0292. The van der Waals surface area contributed by atoms with Gasteiger partial charge in [0.25, 0.3) is 0 Å². The highest BCUT2D eigenvalue weighted by Gasteiger charge is 2.25. The summed E-state index contributed by atoms with van der Waals surface area (Å²) >= 11 is 0. The van der Waals surface area contributed by atoms with E-state index < -0.39 is 14.8 Å². The van der Waals surface area contributed by atoms with Gasteiger partial charge < -0.3 is 19.1 Å². The lowest BCUT2D eigenvalue weighted by molar-refractivity contribution is -0.139. The van der Waals surface area contributed by atoms with Gasteiger partial charge in [0, 0.05) is 11.6 Å². The molecule has 88 valence electrons. The number of carbonyl (C=O) groups is 1. The van der Waals surface area contributed by atoms with Gasteiger partial charge in [-0.15, -0.1) is 0 Å². The second-order valence-electron chi connectivity index (χ2n) is 3.50. The highest BCUT2D eigenvalue weighted by Crippen LogP contribution is 2.07. The third-order valence-electron chi connectivity index (χ3n) is 1.74. The van der Waals surface area contributed by atoms with Crippen molar-refractivity contribution in [3.05, 3.63) is 12.2 Å². The SMILES string of the molecule is C=C(C)C(=O)OCCCCC[Si](O)(O)O. The van der Waals surface area contributed by atoms with Crippen LogP contribution < -0.4 is 0 Å². The first kappa shape index (κ1) is 14.3. The Morgan fingerprint density at radius 1 is 1.27 bits per heavy atom. The standard InChI is InChI=1S/C9H18O5Si/c1-8(2)9(10)14-6-4-3-5-7-15(11,12)13/h11-13H,1,3-7H2,2H3. The second-order valence-corrected chi connectivity index (χ2v) is 5.55. The fourth-order valence-corrected chi connectivity index (χ4v) is 1.65. The van der Waals surface area contributed by atoms with Crippen molar-refractivity contribution in [1.82, 2.24) is 0 Å². The van der Waals surface area contributed by atoms with Crippen LogP contribution >= 0.6 is 0 Å². The number of hydrogen-bond donors (Lipinski definition) is 3. The van der Waals surface area contributed by atoms with Crippen molar-refractivity contribution in [2.45, 2.75) is 32.2 Å². The zero-order valence-electron chi connectivity index (χ0n) is 8.90. The summed E-state index contributed by atoms with van der Waals surface area (Å²) in [5.41, 5.74) is 0.363. The Bertz CT molecular complexity index is 221. The van der Waals surface area contributed by atoms with E-state index in [-0.39, 0.29) is 6.04 Å². The Hall–Kier alpha value is -0.693. The van der Waals surface area contributed by atoms with Crippen LogP contribution in [-0.4, -0.2) is 35.8 Å². The second kappa shape index (κ2) is 6.73. The largest absolute Gasteiger partial charge is 0.492 e. The summed E-state index contributed by atoms with van der Waals surface area (Å²) in [6.07, 6.45) is 1.84. The average Bonchev–Trinajstić information content (AvgIpc) is 2.08. The third kappa shape index (κ3) is 9.61. The molecule has 0 aromatic heterocycles. The molecule has 0 aromatic carbocycles. The van der Waals surface area contributed by atoms with Gasteiger partial charge in [0.15, 0.2) is 0 Å². The van der Waals surface area contributed by atoms with Crippen LogP contribution in [0.3, 0.4) is 0 Å². The van der Waals surface area contributed by atoms with E-state index in [2.05, 4.69) is 6.58 Å². The molecule has 3 N–H and O–H groups in total. The molecule has 0 bridgehead atoms. The molecule has 0 rings (SSSR count). The normalized spacial score (nSPS) is 11.2. The zero-order chi connectivity index (χ0) is 11.9. The molecule has 15 heavy (non-hydrogen) atoms. The average molecular weight is 234 g/mol. The van der Waals surface area contributed by atoms with Crippen LogP contribution in [0.2, 0.25) is 6.04 Å². The summed E-state index contributed by atoms with van der Waals surface area (Å²) < 4.78 is 4.82. The molecule has 5 nitrogen and oxygen atoms in total. The van der Waals surface area contributed by atoms with Gasteiger partial charge in [0.2, 0.25) is 0 Å². The number of ether oxygens (including phenoxy) is 1. The smallest absolute Gasteiger partial charge is 0.462 e. The fourth-order valence-electron chi connectivity index (χ4n) is 0.929.